The Morgan fingerprint density at radius 3 is 2.60 bits per heavy atom. The number of hydrogen-bond acceptors (Lipinski definition) is 5. The largest absolute Gasteiger partial charge is 0.586 e. The summed E-state index contributed by atoms with van der Waals surface area (Å²) in [5, 5.41) is 1.67. The summed E-state index contributed by atoms with van der Waals surface area (Å²) in [4.78, 5) is 10.8. The summed E-state index contributed by atoms with van der Waals surface area (Å²) in [7, 11) is 1.74. The quantitative estimate of drug-likeness (QED) is 0.836. The third-order valence-corrected chi connectivity index (χ3v) is 3.21. The van der Waals surface area contributed by atoms with E-state index < -0.39 is 12.3 Å². The van der Waals surface area contributed by atoms with Crippen molar-refractivity contribution < 1.29 is 23.0 Å². The second kappa shape index (κ2) is 4.17. The number of alkyl halides is 2. The lowest BCUT2D eigenvalue weighted by atomic mass is 10.0. The number of hydrazine groups is 1. The normalized spacial score (nSPS) is 22.9. The number of aldehydes is 1. The van der Waals surface area contributed by atoms with Crippen LogP contribution in [0, 0.1) is 6.92 Å². The van der Waals surface area contributed by atoms with Gasteiger partial charge in [0.2, 0.25) is 0 Å². The smallest absolute Gasteiger partial charge is 0.395 e. The van der Waals surface area contributed by atoms with Gasteiger partial charge in [0.1, 0.15) is 12.3 Å². The van der Waals surface area contributed by atoms with Gasteiger partial charge in [0.25, 0.3) is 0 Å². The first kappa shape index (κ1) is 12.9. The first-order valence-corrected chi connectivity index (χ1v) is 5.97. The Balaban J connectivity index is 2.03. The third-order valence-electron chi connectivity index (χ3n) is 3.21. The highest BCUT2D eigenvalue weighted by molar-refractivity contribution is 5.76. The maximum absolute atomic E-state index is 13.0. The van der Waals surface area contributed by atoms with Crippen LogP contribution in [0.15, 0.2) is 18.2 Å². The fourth-order valence-electron chi connectivity index (χ4n) is 2.33. The van der Waals surface area contributed by atoms with E-state index in [1.807, 2.05) is 0 Å². The Bertz CT molecular complexity index is 616. The number of hydrogen-bond donors (Lipinski definition) is 1. The molecule has 0 spiro atoms. The third kappa shape index (κ3) is 2.00. The van der Waals surface area contributed by atoms with Gasteiger partial charge < -0.3 is 19.3 Å². The van der Waals surface area contributed by atoms with Crippen molar-refractivity contribution in [3.8, 4) is 11.5 Å². The molecular weight excluding hydrogens is 270 g/mol. The fraction of sp³-hybridized carbons (Fsp3) is 0.308. The topological polar surface area (TPSA) is 50.8 Å². The van der Waals surface area contributed by atoms with Gasteiger partial charge in [-0.05, 0) is 30.7 Å². The Morgan fingerprint density at radius 2 is 2.00 bits per heavy atom. The van der Waals surface area contributed by atoms with Crippen LogP contribution in [-0.2, 0) is 4.79 Å². The lowest BCUT2D eigenvalue weighted by Gasteiger charge is -2.19. The molecule has 0 aliphatic carbocycles. The van der Waals surface area contributed by atoms with Crippen LogP contribution in [0.1, 0.15) is 11.1 Å². The molecule has 0 amide bonds. The minimum atomic E-state index is -3.63. The molecule has 106 valence electrons. The van der Waals surface area contributed by atoms with Gasteiger partial charge in [-0.3, -0.25) is 0 Å². The summed E-state index contributed by atoms with van der Waals surface area (Å²) in [6.45, 7) is 1.78. The first-order valence-electron chi connectivity index (χ1n) is 5.97. The first-order chi connectivity index (χ1) is 9.39. The molecule has 0 fully saturated rings. The number of aryl methyl sites for hydroxylation is 1. The summed E-state index contributed by atoms with van der Waals surface area (Å²) in [5.41, 5.74) is 5.08. The number of benzene rings is 1. The summed E-state index contributed by atoms with van der Waals surface area (Å²) >= 11 is 0. The van der Waals surface area contributed by atoms with E-state index in [0.29, 0.717) is 5.56 Å². The van der Waals surface area contributed by atoms with E-state index in [-0.39, 0.29) is 11.5 Å². The molecule has 0 radical (unpaired) electrons. The van der Waals surface area contributed by atoms with Crippen LogP contribution in [0.5, 0.6) is 11.5 Å². The number of carbonyl (C=O) groups excluding carboxylic acids is 1. The summed E-state index contributed by atoms with van der Waals surface area (Å²) < 4.78 is 34.9. The molecule has 7 heteroatoms. The average Bonchev–Trinajstić information content (AvgIpc) is 2.86. The SMILES string of the molecule is Cc1cc2c(cc1C1=CC(C=O)NN1C)OC(F)(F)O2. The fourth-order valence-corrected chi connectivity index (χ4v) is 2.33. The van der Waals surface area contributed by atoms with Crippen LogP contribution in [0.4, 0.5) is 8.78 Å². The van der Waals surface area contributed by atoms with Crippen LogP contribution in [-0.4, -0.2) is 30.7 Å². The molecule has 2 aliphatic heterocycles. The summed E-state index contributed by atoms with van der Waals surface area (Å²) in [5.74, 6) is -0.00292. The zero-order valence-electron chi connectivity index (χ0n) is 10.8. The van der Waals surface area contributed by atoms with Crippen molar-refractivity contribution in [1.29, 1.82) is 0 Å². The molecule has 2 aliphatic rings. The van der Waals surface area contributed by atoms with Crippen molar-refractivity contribution in [2.45, 2.75) is 19.3 Å². The van der Waals surface area contributed by atoms with Crippen LogP contribution in [0.2, 0.25) is 0 Å². The van der Waals surface area contributed by atoms with Gasteiger partial charge in [-0.2, -0.15) is 0 Å². The molecule has 1 atom stereocenters. The van der Waals surface area contributed by atoms with Gasteiger partial charge >= 0.3 is 6.29 Å². The number of fused-ring (bicyclic) bond motifs is 1. The monoisotopic (exact) mass is 282 g/mol. The van der Waals surface area contributed by atoms with Crippen molar-refractivity contribution in [2.75, 3.05) is 7.05 Å². The molecule has 5 nitrogen and oxygen atoms in total. The molecule has 2 heterocycles. The zero-order valence-corrected chi connectivity index (χ0v) is 10.8. The number of nitrogens with one attached hydrogen (secondary N) is 1. The van der Waals surface area contributed by atoms with Gasteiger partial charge in [0.15, 0.2) is 11.5 Å². The standard InChI is InChI=1S/C13H12F2N2O3/c1-7-3-11-12(20-13(14,15)19-11)5-9(7)10-4-8(6-18)16-17(10)2/h3-6,8,16H,1-2H3. The highest BCUT2D eigenvalue weighted by atomic mass is 19.3. The van der Waals surface area contributed by atoms with Gasteiger partial charge in [0.05, 0.1) is 5.70 Å². The van der Waals surface area contributed by atoms with Crippen molar-refractivity contribution in [3.05, 3.63) is 29.3 Å². The molecule has 1 unspecified atom stereocenters. The molecule has 0 aromatic heterocycles. The highest BCUT2D eigenvalue weighted by Crippen LogP contribution is 2.44. The molecule has 1 aromatic carbocycles. The predicted molar refractivity (Wildman–Crippen MR) is 66.1 cm³/mol. The van der Waals surface area contributed by atoms with Crippen molar-refractivity contribution in [2.24, 2.45) is 0 Å². The van der Waals surface area contributed by atoms with E-state index in [2.05, 4.69) is 14.9 Å². The Kier molecular flexibility index (Phi) is 2.68. The predicted octanol–water partition coefficient (Wildman–Crippen LogP) is 1.67. The van der Waals surface area contributed by atoms with E-state index in [4.69, 9.17) is 0 Å². The number of nitrogens with zero attached hydrogens (tertiary/aromatic N) is 1. The van der Waals surface area contributed by atoms with E-state index in [0.717, 1.165) is 17.5 Å². The van der Waals surface area contributed by atoms with E-state index in [1.54, 1.807) is 25.1 Å². The summed E-state index contributed by atoms with van der Waals surface area (Å²) in [6.07, 6.45) is -1.15. The minimum Gasteiger partial charge on any atom is -0.395 e. The van der Waals surface area contributed by atoms with Gasteiger partial charge in [-0.25, -0.2) is 5.43 Å². The van der Waals surface area contributed by atoms with Crippen LogP contribution in [0.25, 0.3) is 5.70 Å². The van der Waals surface area contributed by atoms with Crippen LogP contribution >= 0.6 is 0 Å². The average molecular weight is 282 g/mol. The van der Waals surface area contributed by atoms with E-state index >= 15 is 0 Å². The van der Waals surface area contributed by atoms with Gasteiger partial charge in [-0.15, -0.1) is 8.78 Å². The second-order valence-corrected chi connectivity index (χ2v) is 4.68. The van der Waals surface area contributed by atoms with Crippen LogP contribution < -0.4 is 14.9 Å². The molecule has 1 aromatic rings. The number of halogens is 2. The number of rotatable bonds is 2. The maximum atomic E-state index is 13.0. The Morgan fingerprint density at radius 1 is 1.35 bits per heavy atom. The molecule has 20 heavy (non-hydrogen) atoms. The Hall–Kier alpha value is -2.15. The molecular formula is C13H12F2N2O3. The maximum Gasteiger partial charge on any atom is 0.586 e. The molecule has 0 bridgehead atoms. The lowest BCUT2D eigenvalue weighted by molar-refractivity contribution is -0.286. The molecule has 0 saturated carbocycles. The minimum absolute atomic E-state index is 0.0115. The van der Waals surface area contributed by atoms with Crippen molar-refractivity contribution in [3.63, 3.8) is 0 Å². The molecule has 3 rings (SSSR count). The van der Waals surface area contributed by atoms with Gasteiger partial charge in [0, 0.05) is 12.6 Å². The number of ether oxygens (including phenoxy) is 2. The van der Waals surface area contributed by atoms with Crippen LogP contribution in [0.3, 0.4) is 0 Å². The second-order valence-electron chi connectivity index (χ2n) is 4.68. The Labute approximate surface area is 113 Å². The van der Waals surface area contributed by atoms with Crippen molar-refractivity contribution in [1.82, 2.24) is 10.4 Å². The highest BCUT2D eigenvalue weighted by Gasteiger charge is 2.44. The van der Waals surface area contributed by atoms with E-state index in [1.165, 1.54) is 12.1 Å². The van der Waals surface area contributed by atoms with E-state index in [9.17, 15) is 13.6 Å². The molecule has 0 saturated heterocycles. The zero-order chi connectivity index (χ0) is 14.5. The summed E-state index contributed by atoms with van der Waals surface area (Å²) in [6, 6.07) is 2.55. The number of carbonyl (C=O) groups is 1. The molecule has 1 N–H and O–H groups in total. The van der Waals surface area contributed by atoms with Gasteiger partial charge in [-0.1, -0.05) is 0 Å². The lowest BCUT2D eigenvalue weighted by Crippen LogP contribution is -2.34. The van der Waals surface area contributed by atoms with Crippen molar-refractivity contribution >= 4 is 12.0 Å².